The van der Waals surface area contributed by atoms with Crippen LogP contribution in [0.3, 0.4) is 0 Å². The summed E-state index contributed by atoms with van der Waals surface area (Å²) in [7, 11) is -3.10. The topological polar surface area (TPSA) is 147 Å². The number of nitrogens with two attached hydrogens (primary N) is 2. The summed E-state index contributed by atoms with van der Waals surface area (Å²) in [6.07, 6.45) is 0.148. The minimum absolute atomic E-state index is 0.0500. The summed E-state index contributed by atoms with van der Waals surface area (Å²) in [6, 6.07) is 0. The molecule has 1 atom stereocenters. The van der Waals surface area contributed by atoms with Crippen LogP contribution >= 0.6 is 0 Å². The monoisotopic (exact) mass is 365 g/mol. The quantitative estimate of drug-likeness (QED) is 0.367. The van der Waals surface area contributed by atoms with Gasteiger partial charge in [-0.05, 0) is 12.8 Å². The molecule has 0 aromatic heterocycles. The molecule has 0 rings (SSSR count). The van der Waals surface area contributed by atoms with Gasteiger partial charge in [0.05, 0.1) is 24.5 Å². The largest absolute Gasteiger partial charge is 0.469 e. The van der Waals surface area contributed by atoms with E-state index >= 15 is 0 Å². The van der Waals surface area contributed by atoms with Crippen LogP contribution in [-0.4, -0.2) is 49.7 Å². The van der Waals surface area contributed by atoms with Gasteiger partial charge in [-0.2, -0.15) is 0 Å². The third kappa shape index (κ3) is 6.20. The molecular formula is C15H28N2O6S. The number of amides is 1. The number of carbonyl (C=O) groups excluding carboxylic acids is 3. The van der Waals surface area contributed by atoms with Crippen molar-refractivity contribution in [2.45, 2.75) is 63.1 Å². The third-order valence-electron chi connectivity index (χ3n) is 3.64. The highest BCUT2D eigenvalue weighted by molar-refractivity contribution is 7.92. The first-order valence-electron chi connectivity index (χ1n) is 8.31. The number of ketones is 1. The molecule has 0 aliphatic heterocycles. The van der Waals surface area contributed by atoms with Crippen LogP contribution in [0.25, 0.3) is 0 Å². The average Bonchev–Trinajstić information content (AvgIpc) is 2.51. The van der Waals surface area contributed by atoms with Crippen LogP contribution in [0.1, 0.15) is 53.7 Å². The number of rotatable bonds is 12. The number of ether oxygens (including phenoxy) is 1. The minimum atomic E-state index is -4.23. The van der Waals surface area contributed by atoms with E-state index in [0.29, 0.717) is 12.8 Å². The summed E-state index contributed by atoms with van der Waals surface area (Å²) >= 11 is 0. The molecule has 0 aliphatic carbocycles. The zero-order valence-corrected chi connectivity index (χ0v) is 15.3. The molecule has 0 spiro atoms. The van der Waals surface area contributed by atoms with Gasteiger partial charge in [-0.25, -0.2) is 8.42 Å². The van der Waals surface area contributed by atoms with E-state index in [9.17, 15) is 22.8 Å². The van der Waals surface area contributed by atoms with Gasteiger partial charge in [0.15, 0.2) is 21.2 Å². The number of Topliss-reactive ketones (excluding diaryl/α,β-unsaturated/α-hetero) is 1. The van der Waals surface area contributed by atoms with E-state index in [-0.39, 0.29) is 19.3 Å². The second kappa shape index (κ2) is 9.73. The van der Waals surface area contributed by atoms with E-state index in [1.54, 1.807) is 13.8 Å². The maximum absolute atomic E-state index is 12.7. The highest BCUT2D eigenvalue weighted by Gasteiger charge is 2.45. The van der Waals surface area contributed by atoms with Gasteiger partial charge in [-0.1, -0.05) is 26.7 Å². The van der Waals surface area contributed by atoms with Gasteiger partial charge in [0.25, 0.3) is 0 Å². The molecule has 0 heterocycles. The molecule has 0 radical (unpaired) electrons. The summed E-state index contributed by atoms with van der Waals surface area (Å²) in [6.45, 7) is 3.47. The molecule has 1 amide bonds. The Balaban J connectivity index is 5.63. The molecule has 4 N–H and O–H groups in total. The zero-order valence-electron chi connectivity index (χ0n) is 15.5. The average molecular weight is 365 g/mol. The molecule has 0 saturated carbocycles. The molecule has 140 valence electrons. The third-order valence-corrected chi connectivity index (χ3v) is 5.76. The van der Waals surface area contributed by atoms with Crippen molar-refractivity contribution in [3.8, 4) is 0 Å². The zero-order chi connectivity index (χ0) is 19.9. The summed E-state index contributed by atoms with van der Waals surface area (Å²) < 4.78 is 38.2. The van der Waals surface area contributed by atoms with Crippen LogP contribution in [0.4, 0.5) is 0 Å². The highest BCUT2D eigenvalue weighted by Crippen LogP contribution is 2.20. The SMILES string of the molecule is [2H]C(CCC)(CCC)S(=O)(=O)C[C@](N)(C(N)=O)C(=O)CCC(=O)OC. The maximum Gasteiger partial charge on any atom is 0.305 e. The van der Waals surface area contributed by atoms with Gasteiger partial charge < -0.3 is 16.2 Å². The van der Waals surface area contributed by atoms with Crippen molar-refractivity contribution >= 4 is 27.5 Å². The second-order valence-electron chi connectivity index (χ2n) is 5.63. The van der Waals surface area contributed by atoms with Gasteiger partial charge in [-0.3, -0.25) is 14.4 Å². The van der Waals surface area contributed by atoms with E-state index < -0.39 is 50.4 Å². The first-order chi connectivity index (χ1) is 11.4. The van der Waals surface area contributed by atoms with Crippen LogP contribution in [0, 0.1) is 0 Å². The van der Waals surface area contributed by atoms with Crippen molar-refractivity contribution in [2.24, 2.45) is 11.5 Å². The van der Waals surface area contributed by atoms with Crippen molar-refractivity contribution in [1.82, 2.24) is 0 Å². The summed E-state index contributed by atoms with van der Waals surface area (Å²) in [5.41, 5.74) is 8.45. The molecule has 8 nitrogen and oxygen atoms in total. The molecule has 0 unspecified atom stereocenters. The van der Waals surface area contributed by atoms with Crippen molar-refractivity contribution in [3.63, 3.8) is 0 Å². The van der Waals surface area contributed by atoms with E-state index in [1.165, 1.54) is 0 Å². The number of sulfone groups is 1. The summed E-state index contributed by atoms with van der Waals surface area (Å²) in [5.74, 6) is -4.03. The van der Waals surface area contributed by atoms with Gasteiger partial charge >= 0.3 is 5.97 Å². The van der Waals surface area contributed by atoms with Crippen molar-refractivity contribution in [1.29, 1.82) is 0 Å². The fraction of sp³-hybridized carbons (Fsp3) is 0.800. The van der Waals surface area contributed by atoms with Crippen LogP contribution in [0.5, 0.6) is 0 Å². The predicted octanol–water partition coefficient (Wildman–Crippen LogP) is 0.0751. The number of primary amides is 1. The Morgan fingerprint density at radius 2 is 1.67 bits per heavy atom. The maximum atomic E-state index is 12.7. The highest BCUT2D eigenvalue weighted by atomic mass is 32.2. The van der Waals surface area contributed by atoms with Crippen LogP contribution in [-0.2, 0) is 29.0 Å². The Morgan fingerprint density at radius 1 is 1.17 bits per heavy atom. The number of esters is 1. The predicted molar refractivity (Wildman–Crippen MR) is 89.8 cm³/mol. The van der Waals surface area contributed by atoms with Gasteiger partial charge in [0, 0.05) is 7.79 Å². The second-order valence-corrected chi connectivity index (χ2v) is 7.73. The van der Waals surface area contributed by atoms with Gasteiger partial charge in [0.2, 0.25) is 5.91 Å². The molecule has 0 saturated heterocycles. The van der Waals surface area contributed by atoms with Gasteiger partial charge in [-0.15, -0.1) is 0 Å². The summed E-state index contributed by atoms with van der Waals surface area (Å²) in [5, 5.41) is -1.85. The fourth-order valence-corrected chi connectivity index (χ4v) is 4.36. The van der Waals surface area contributed by atoms with E-state index in [0.717, 1.165) is 7.11 Å². The lowest BCUT2D eigenvalue weighted by molar-refractivity contribution is -0.143. The molecular weight excluding hydrogens is 336 g/mol. The minimum Gasteiger partial charge on any atom is -0.469 e. The lowest BCUT2D eigenvalue weighted by Gasteiger charge is -2.27. The molecule has 0 aromatic carbocycles. The first kappa shape index (κ1) is 20.6. The standard InChI is InChI=1S/C15H28N2O6S/c1-4-6-11(7-5-2)24(21,22)10-15(17,14(16)20)12(18)8-9-13(19)23-3/h11H,4-10,17H2,1-3H3,(H2,16,20)/t15-/m1/s1/i11D. The normalized spacial score (nSPS) is 15.2. The number of hydrogen-bond acceptors (Lipinski definition) is 7. The Kier molecular flexibility index (Phi) is 8.34. The smallest absolute Gasteiger partial charge is 0.305 e. The molecule has 0 fully saturated rings. The molecule has 0 aromatic rings. The van der Waals surface area contributed by atoms with E-state index in [1.807, 2.05) is 0 Å². The number of methoxy groups -OCH3 is 1. The Morgan fingerprint density at radius 3 is 2.04 bits per heavy atom. The molecule has 9 heteroatoms. The van der Waals surface area contributed by atoms with Crippen LogP contribution < -0.4 is 11.5 Å². The Bertz CT molecular complexity index is 601. The lowest BCUT2D eigenvalue weighted by atomic mass is 9.93. The van der Waals surface area contributed by atoms with Crippen molar-refractivity contribution < 1.29 is 28.9 Å². The molecule has 24 heavy (non-hydrogen) atoms. The number of carbonyl (C=O) groups is 3. The first-order valence-corrected chi connectivity index (χ1v) is 9.46. The summed E-state index contributed by atoms with van der Waals surface area (Å²) in [4.78, 5) is 35.2. The Hall–Kier alpha value is -1.48. The van der Waals surface area contributed by atoms with Crippen molar-refractivity contribution in [3.05, 3.63) is 0 Å². The van der Waals surface area contributed by atoms with Crippen LogP contribution in [0.15, 0.2) is 0 Å². The Labute approximate surface area is 144 Å². The fourth-order valence-electron chi connectivity index (χ4n) is 2.23. The van der Waals surface area contributed by atoms with Crippen molar-refractivity contribution in [2.75, 3.05) is 12.9 Å². The molecule has 0 aliphatic rings. The van der Waals surface area contributed by atoms with Crippen LogP contribution in [0.2, 0.25) is 0 Å². The van der Waals surface area contributed by atoms with E-state index in [4.69, 9.17) is 12.8 Å². The van der Waals surface area contributed by atoms with Gasteiger partial charge in [0.1, 0.15) is 0 Å². The lowest BCUT2D eigenvalue weighted by Crippen LogP contribution is -2.63. The number of hydrogen-bond donors (Lipinski definition) is 2. The van der Waals surface area contributed by atoms with E-state index in [2.05, 4.69) is 4.74 Å². The molecule has 0 bridgehead atoms.